The standard InChI is InChI=1S/C18H20N2O2/c21-17-16(9-4-12-19-17)18(22)20-13-5-8-15(20)11-10-14-6-2-1-3-7-14/h1-4,6-7,9,12,15H,5,8,10-11,13H2,(H,19,21). The van der Waals surface area contributed by atoms with E-state index in [1.165, 1.54) is 5.56 Å². The van der Waals surface area contributed by atoms with Crippen molar-refractivity contribution >= 4 is 5.91 Å². The molecule has 114 valence electrons. The molecule has 0 spiro atoms. The van der Waals surface area contributed by atoms with Gasteiger partial charge in [-0.3, -0.25) is 9.59 Å². The lowest BCUT2D eigenvalue weighted by Gasteiger charge is -2.24. The fraction of sp³-hybridized carbons (Fsp3) is 0.333. The quantitative estimate of drug-likeness (QED) is 0.943. The van der Waals surface area contributed by atoms with Crippen molar-refractivity contribution in [2.75, 3.05) is 6.54 Å². The number of carbonyl (C=O) groups is 1. The van der Waals surface area contributed by atoms with Crippen LogP contribution in [0.4, 0.5) is 0 Å². The molecule has 4 nitrogen and oxygen atoms in total. The average Bonchev–Trinajstić information content (AvgIpc) is 3.02. The number of nitrogens with zero attached hydrogens (tertiary/aromatic N) is 1. The minimum absolute atomic E-state index is 0.141. The number of rotatable bonds is 4. The van der Waals surface area contributed by atoms with Gasteiger partial charge in [-0.05, 0) is 43.4 Å². The molecule has 1 N–H and O–H groups in total. The van der Waals surface area contributed by atoms with E-state index in [9.17, 15) is 9.59 Å². The largest absolute Gasteiger partial charge is 0.335 e. The lowest BCUT2D eigenvalue weighted by molar-refractivity contribution is 0.0729. The van der Waals surface area contributed by atoms with Gasteiger partial charge in [-0.2, -0.15) is 0 Å². The van der Waals surface area contributed by atoms with E-state index in [0.29, 0.717) is 0 Å². The van der Waals surface area contributed by atoms with Gasteiger partial charge in [-0.25, -0.2) is 0 Å². The molecule has 0 saturated carbocycles. The molecule has 1 fully saturated rings. The fourth-order valence-corrected chi connectivity index (χ4v) is 3.13. The minimum atomic E-state index is -0.304. The molecule has 2 aromatic rings. The van der Waals surface area contributed by atoms with E-state index in [1.54, 1.807) is 18.3 Å². The van der Waals surface area contributed by atoms with Gasteiger partial charge in [-0.15, -0.1) is 0 Å². The van der Waals surface area contributed by atoms with Crippen molar-refractivity contribution in [2.45, 2.75) is 31.7 Å². The van der Waals surface area contributed by atoms with Crippen LogP contribution < -0.4 is 5.56 Å². The number of hydrogen-bond acceptors (Lipinski definition) is 2. The first kappa shape index (κ1) is 14.6. The molecule has 1 saturated heterocycles. The third-order valence-electron chi connectivity index (χ3n) is 4.30. The number of aromatic nitrogens is 1. The molecule has 0 radical (unpaired) electrons. The van der Waals surface area contributed by atoms with Gasteiger partial charge in [0.1, 0.15) is 5.56 Å². The summed E-state index contributed by atoms with van der Waals surface area (Å²) in [6, 6.07) is 13.8. The van der Waals surface area contributed by atoms with Crippen LogP contribution in [0.1, 0.15) is 35.2 Å². The minimum Gasteiger partial charge on any atom is -0.335 e. The third-order valence-corrected chi connectivity index (χ3v) is 4.30. The predicted molar refractivity (Wildman–Crippen MR) is 85.9 cm³/mol. The lowest BCUT2D eigenvalue weighted by atomic mass is 10.0. The molecule has 1 aliphatic heterocycles. The summed E-state index contributed by atoms with van der Waals surface area (Å²) in [7, 11) is 0. The molecular formula is C18H20N2O2. The first-order chi connectivity index (χ1) is 10.8. The highest BCUT2D eigenvalue weighted by molar-refractivity contribution is 5.94. The molecule has 22 heavy (non-hydrogen) atoms. The Labute approximate surface area is 129 Å². The Morgan fingerprint density at radius 3 is 2.77 bits per heavy atom. The zero-order chi connectivity index (χ0) is 15.4. The maximum absolute atomic E-state index is 12.6. The number of pyridine rings is 1. The third kappa shape index (κ3) is 3.11. The number of aromatic amines is 1. The maximum Gasteiger partial charge on any atom is 0.260 e. The molecule has 0 bridgehead atoms. The summed E-state index contributed by atoms with van der Waals surface area (Å²) in [5.41, 5.74) is 1.23. The first-order valence-electron chi connectivity index (χ1n) is 7.78. The van der Waals surface area contributed by atoms with Crippen molar-refractivity contribution in [1.82, 2.24) is 9.88 Å². The van der Waals surface area contributed by atoms with Crippen LogP contribution in [0.3, 0.4) is 0 Å². The number of likely N-dealkylation sites (tertiary alicyclic amines) is 1. The number of benzene rings is 1. The SMILES string of the molecule is O=C(c1ccc[nH]c1=O)N1CCCC1CCc1ccccc1. The first-order valence-corrected chi connectivity index (χ1v) is 7.78. The van der Waals surface area contributed by atoms with Gasteiger partial charge in [0.25, 0.3) is 11.5 Å². The Balaban J connectivity index is 1.69. The molecular weight excluding hydrogens is 276 g/mol. The average molecular weight is 296 g/mol. The number of H-pyrrole nitrogens is 1. The Bertz CT molecular complexity index is 693. The highest BCUT2D eigenvalue weighted by atomic mass is 16.2. The van der Waals surface area contributed by atoms with E-state index >= 15 is 0 Å². The van der Waals surface area contributed by atoms with E-state index in [0.717, 1.165) is 32.2 Å². The van der Waals surface area contributed by atoms with Gasteiger partial charge in [0, 0.05) is 18.8 Å². The van der Waals surface area contributed by atoms with E-state index in [1.807, 2.05) is 23.1 Å². The van der Waals surface area contributed by atoms with Crippen LogP contribution >= 0.6 is 0 Å². The van der Waals surface area contributed by atoms with Crippen LogP contribution in [0.2, 0.25) is 0 Å². The summed E-state index contributed by atoms with van der Waals surface area (Å²) in [5.74, 6) is -0.141. The predicted octanol–water partition coefficient (Wildman–Crippen LogP) is 2.61. The second kappa shape index (κ2) is 6.60. The zero-order valence-corrected chi connectivity index (χ0v) is 12.5. The smallest absolute Gasteiger partial charge is 0.260 e. The van der Waals surface area contributed by atoms with Crippen LogP contribution in [-0.2, 0) is 6.42 Å². The fourth-order valence-electron chi connectivity index (χ4n) is 3.13. The van der Waals surface area contributed by atoms with Crippen LogP contribution in [0.15, 0.2) is 53.5 Å². The van der Waals surface area contributed by atoms with Crippen molar-refractivity contribution in [1.29, 1.82) is 0 Å². The Morgan fingerprint density at radius 2 is 2.00 bits per heavy atom. The Morgan fingerprint density at radius 1 is 1.18 bits per heavy atom. The van der Waals surface area contributed by atoms with Gasteiger partial charge in [-0.1, -0.05) is 30.3 Å². The number of nitrogens with one attached hydrogen (secondary N) is 1. The number of amides is 1. The topological polar surface area (TPSA) is 53.2 Å². The van der Waals surface area contributed by atoms with Crippen LogP contribution in [0, 0.1) is 0 Å². The zero-order valence-electron chi connectivity index (χ0n) is 12.5. The molecule has 1 amide bonds. The maximum atomic E-state index is 12.6. The van der Waals surface area contributed by atoms with E-state index in [-0.39, 0.29) is 23.1 Å². The van der Waals surface area contributed by atoms with Crippen molar-refractivity contribution < 1.29 is 4.79 Å². The van der Waals surface area contributed by atoms with Crippen molar-refractivity contribution in [3.8, 4) is 0 Å². The van der Waals surface area contributed by atoms with Gasteiger partial charge >= 0.3 is 0 Å². The van der Waals surface area contributed by atoms with E-state index in [2.05, 4.69) is 17.1 Å². The molecule has 1 unspecified atom stereocenters. The van der Waals surface area contributed by atoms with Crippen LogP contribution in [0.25, 0.3) is 0 Å². The van der Waals surface area contributed by atoms with Gasteiger partial charge in [0.05, 0.1) is 0 Å². The second-order valence-electron chi connectivity index (χ2n) is 5.73. The summed E-state index contributed by atoms with van der Waals surface area (Å²) in [6.45, 7) is 0.743. The van der Waals surface area contributed by atoms with Gasteiger partial charge in [0.2, 0.25) is 0 Å². The Kier molecular flexibility index (Phi) is 4.37. The summed E-state index contributed by atoms with van der Waals surface area (Å²) in [5, 5.41) is 0. The van der Waals surface area contributed by atoms with Crippen molar-refractivity contribution in [3.63, 3.8) is 0 Å². The molecule has 4 heteroatoms. The molecule has 1 aliphatic rings. The van der Waals surface area contributed by atoms with Crippen molar-refractivity contribution in [2.24, 2.45) is 0 Å². The lowest BCUT2D eigenvalue weighted by Crippen LogP contribution is -2.38. The molecule has 2 heterocycles. The monoisotopic (exact) mass is 296 g/mol. The van der Waals surface area contributed by atoms with Gasteiger partial charge in [0.15, 0.2) is 0 Å². The van der Waals surface area contributed by atoms with Crippen LogP contribution in [0.5, 0.6) is 0 Å². The van der Waals surface area contributed by atoms with Crippen molar-refractivity contribution in [3.05, 3.63) is 70.1 Å². The Hall–Kier alpha value is -2.36. The number of aryl methyl sites for hydroxylation is 1. The number of hydrogen-bond donors (Lipinski definition) is 1. The number of carbonyl (C=O) groups excluding carboxylic acids is 1. The molecule has 3 rings (SSSR count). The van der Waals surface area contributed by atoms with Gasteiger partial charge < -0.3 is 9.88 Å². The normalized spacial score (nSPS) is 17.6. The molecule has 0 aliphatic carbocycles. The second-order valence-corrected chi connectivity index (χ2v) is 5.73. The summed E-state index contributed by atoms with van der Waals surface area (Å²) in [4.78, 5) is 28.8. The summed E-state index contributed by atoms with van der Waals surface area (Å²) < 4.78 is 0. The van der Waals surface area contributed by atoms with E-state index < -0.39 is 0 Å². The van der Waals surface area contributed by atoms with Crippen LogP contribution in [-0.4, -0.2) is 28.4 Å². The molecule has 1 aromatic carbocycles. The molecule has 1 aromatic heterocycles. The highest BCUT2D eigenvalue weighted by Crippen LogP contribution is 2.23. The summed E-state index contributed by atoms with van der Waals surface area (Å²) in [6.07, 6.45) is 5.48. The summed E-state index contributed by atoms with van der Waals surface area (Å²) >= 11 is 0. The van der Waals surface area contributed by atoms with E-state index in [4.69, 9.17) is 0 Å². The highest BCUT2D eigenvalue weighted by Gasteiger charge is 2.30. The molecule has 1 atom stereocenters.